The zero-order valence-corrected chi connectivity index (χ0v) is 13.9. The van der Waals surface area contributed by atoms with E-state index in [4.69, 9.17) is 4.98 Å². The Labute approximate surface area is 144 Å². The average molecular weight is 333 g/mol. The number of hydrogen-bond donors (Lipinski definition) is 1. The lowest BCUT2D eigenvalue weighted by atomic mass is 9.86. The highest BCUT2D eigenvalue weighted by Crippen LogP contribution is 2.39. The van der Waals surface area contributed by atoms with Crippen LogP contribution in [0.4, 0.5) is 0 Å². The third kappa shape index (κ3) is 2.26. The molecule has 0 aromatic carbocycles. The van der Waals surface area contributed by atoms with Crippen LogP contribution in [0.2, 0.25) is 0 Å². The Balaban J connectivity index is 1.76. The van der Waals surface area contributed by atoms with Crippen molar-refractivity contribution in [2.45, 2.75) is 50.5 Å². The molecule has 2 aliphatic carbocycles. The van der Waals surface area contributed by atoms with E-state index in [-0.39, 0.29) is 17.5 Å². The molecule has 6 nitrogen and oxygen atoms in total. The second kappa shape index (κ2) is 5.41. The topological polar surface area (TPSA) is 87.4 Å². The fourth-order valence-corrected chi connectivity index (χ4v) is 4.16. The smallest absolute Gasteiger partial charge is 0.273 e. The normalized spacial score (nSPS) is 23.8. The Morgan fingerprint density at radius 3 is 2.72 bits per heavy atom. The van der Waals surface area contributed by atoms with Crippen molar-refractivity contribution in [1.29, 1.82) is 5.26 Å². The lowest BCUT2D eigenvalue weighted by molar-refractivity contribution is 0.313. The molecule has 126 valence electrons. The van der Waals surface area contributed by atoms with Crippen molar-refractivity contribution in [3.63, 3.8) is 0 Å². The number of pyridine rings is 1. The van der Waals surface area contributed by atoms with Crippen LogP contribution >= 0.6 is 0 Å². The standard InChI is InChI=1S/C19H19N5O/c20-9-11-1-5-13(6-2-11)24-17-14-7-8-21-18(14)22-10-15(17)23-16(19(24)25)12-3-4-12/h7-8,10-13H,1-6H2,(H,21,22). The number of H-pyrrole nitrogens is 1. The third-order valence-electron chi connectivity index (χ3n) is 5.67. The van der Waals surface area contributed by atoms with E-state index >= 15 is 0 Å². The molecular formula is C19H19N5O. The minimum Gasteiger partial charge on any atom is -0.346 e. The molecule has 2 fully saturated rings. The van der Waals surface area contributed by atoms with E-state index in [2.05, 4.69) is 16.0 Å². The summed E-state index contributed by atoms with van der Waals surface area (Å²) in [5, 5.41) is 10.1. The first kappa shape index (κ1) is 14.6. The van der Waals surface area contributed by atoms with Gasteiger partial charge in [-0.15, -0.1) is 0 Å². The van der Waals surface area contributed by atoms with Crippen molar-refractivity contribution >= 4 is 22.1 Å². The quantitative estimate of drug-likeness (QED) is 0.778. The van der Waals surface area contributed by atoms with E-state index in [0.29, 0.717) is 11.6 Å². The molecule has 1 N–H and O–H groups in total. The fraction of sp³-hybridized carbons (Fsp3) is 0.474. The maximum Gasteiger partial charge on any atom is 0.273 e. The van der Waals surface area contributed by atoms with Gasteiger partial charge in [-0.3, -0.25) is 4.79 Å². The van der Waals surface area contributed by atoms with Crippen molar-refractivity contribution in [3.05, 3.63) is 34.5 Å². The SMILES string of the molecule is N#CC1CCC(n2c(=O)c(C3CC3)nc3cnc4[nH]ccc4c32)CC1. The van der Waals surface area contributed by atoms with Crippen LogP contribution in [-0.2, 0) is 0 Å². The molecule has 0 bridgehead atoms. The average Bonchev–Trinajstić information content (AvgIpc) is 3.37. The first-order valence-corrected chi connectivity index (χ1v) is 9.04. The molecule has 3 heterocycles. The minimum atomic E-state index is 0.0594. The molecule has 3 aromatic rings. The molecule has 0 amide bonds. The van der Waals surface area contributed by atoms with Gasteiger partial charge in [0.15, 0.2) is 0 Å². The van der Waals surface area contributed by atoms with Gasteiger partial charge >= 0.3 is 0 Å². The van der Waals surface area contributed by atoms with Gasteiger partial charge in [0.1, 0.15) is 16.9 Å². The van der Waals surface area contributed by atoms with Crippen LogP contribution in [-0.4, -0.2) is 19.5 Å². The molecule has 6 heteroatoms. The molecule has 25 heavy (non-hydrogen) atoms. The molecule has 0 atom stereocenters. The summed E-state index contributed by atoms with van der Waals surface area (Å²) in [5.41, 5.74) is 3.24. The molecule has 0 radical (unpaired) electrons. The van der Waals surface area contributed by atoms with Crippen LogP contribution in [0.3, 0.4) is 0 Å². The Hall–Kier alpha value is -2.68. The molecule has 5 rings (SSSR count). The van der Waals surface area contributed by atoms with Crippen molar-refractivity contribution < 1.29 is 0 Å². The summed E-state index contributed by atoms with van der Waals surface area (Å²) < 4.78 is 1.97. The summed E-state index contributed by atoms with van der Waals surface area (Å²) >= 11 is 0. The lowest BCUT2D eigenvalue weighted by Crippen LogP contribution is -2.31. The first-order chi connectivity index (χ1) is 12.3. The summed E-state index contributed by atoms with van der Waals surface area (Å²) in [6, 6.07) is 4.49. The zero-order valence-electron chi connectivity index (χ0n) is 13.9. The Bertz CT molecular complexity index is 1060. The van der Waals surface area contributed by atoms with E-state index in [9.17, 15) is 10.1 Å². The molecular weight excluding hydrogens is 314 g/mol. The first-order valence-electron chi connectivity index (χ1n) is 9.04. The summed E-state index contributed by atoms with van der Waals surface area (Å²) in [7, 11) is 0. The number of aromatic amines is 1. The molecule has 0 unspecified atom stereocenters. The van der Waals surface area contributed by atoms with Crippen LogP contribution in [0, 0.1) is 17.2 Å². The number of rotatable bonds is 2. The van der Waals surface area contributed by atoms with Crippen molar-refractivity contribution in [3.8, 4) is 6.07 Å². The van der Waals surface area contributed by atoms with Crippen LogP contribution in [0.25, 0.3) is 22.1 Å². The van der Waals surface area contributed by atoms with Gasteiger partial charge in [-0.2, -0.15) is 5.26 Å². The number of nitriles is 1. The zero-order chi connectivity index (χ0) is 17.0. The van der Waals surface area contributed by atoms with Crippen LogP contribution in [0.1, 0.15) is 56.2 Å². The maximum absolute atomic E-state index is 13.3. The molecule has 0 spiro atoms. The molecule has 0 saturated heterocycles. The third-order valence-corrected chi connectivity index (χ3v) is 5.67. The number of nitrogens with zero attached hydrogens (tertiary/aromatic N) is 4. The van der Waals surface area contributed by atoms with Crippen LogP contribution in [0.5, 0.6) is 0 Å². The van der Waals surface area contributed by atoms with Gasteiger partial charge in [-0.1, -0.05) is 0 Å². The molecule has 2 saturated carbocycles. The highest BCUT2D eigenvalue weighted by atomic mass is 16.1. The number of hydrogen-bond acceptors (Lipinski definition) is 4. The minimum absolute atomic E-state index is 0.0594. The van der Waals surface area contributed by atoms with Gasteiger partial charge in [0.25, 0.3) is 5.56 Å². The van der Waals surface area contributed by atoms with E-state index in [1.165, 1.54) is 0 Å². The second-order valence-corrected chi connectivity index (χ2v) is 7.31. The van der Waals surface area contributed by atoms with Crippen LogP contribution in [0.15, 0.2) is 23.3 Å². The summed E-state index contributed by atoms with van der Waals surface area (Å²) in [6.07, 6.45) is 9.19. The Morgan fingerprint density at radius 2 is 2.00 bits per heavy atom. The van der Waals surface area contributed by atoms with Crippen molar-refractivity contribution in [1.82, 2.24) is 19.5 Å². The fourth-order valence-electron chi connectivity index (χ4n) is 4.16. The summed E-state index contributed by atoms with van der Waals surface area (Å²) in [5.74, 6) is 0.428. The summed E-state index contributed by atoms with van der Waals surface area (Å²) in [6.45, 7) is 0. The molecule has 0 aliphatic heterocycles. The Kier molecular flexibility index (Phi) is 3.17. The van der Waals surface area contributed by atoms with Gasteiger partial charge in [0.2, 0.25) is 0 Å². The monoisotopic (exact) mass is 333 g/mol. The van der Waals surface area contributed by atoms with E-state index < -0.39 is 0 Å². The van der Waals surface area contributed by atoms with E-state index in [1.807, 2.05) is 16.8 Å². The van der Waals surface area contributed by atoms with Crippen molar-refractivity contribution in [2.75, 3.05) is 0 Å². The number of aromatic nitrogens is 4. The molecule has 2 aliphatic rings. The van der Waals surface area contributed by atoms with Crippen molar-refractivity contribution in [2.24, 2.45) is 5.92 Å². The van der Waals surface area contributed by atoms with Gasteiger partial charge in [-0.25, -0.2) is 9.97 Å². The van der Waals surface area contributed by atoms with Crippen LogP contribution < -0.4 is 5.56 Å². The van der Waals surface area contributed by atoms with Gasteiger partial charge in [0, 0.05) is 29.5 Å². The van der Waals surface area contributed by atoms with Gasteiger partial charge in [0.05, 0.1) is 17.8 Å². The number of nitrogens with one attached hydrogen (secondary N) is 1. The molecule has 3 aromatic heterocycles. The van der Waals surface area contributed by atoms with Gasteiger partial charge in [-0.05, 0) is 44.6 Å². The lowest BCUT2D eigenvalue weighted by Gasteiger charge is -2.28. The highest BCUT2D eigenvalue weighted by Gasteiger charge is 2.32. The maximum atomic E-state index is 13.3. The Morgan fingerprint density at radius 1 is 1.20 bits per heavy atom. The second-order valence-electron chi connectivity index (χ2n) is 7.31. The van der Waals surface area contributed by atoms with Gasteiger partial charge < -0.3 is 9.55 Å². The predicted molar refractivity (Wildman–Crippen MR) is 94.2 cm³/mol. The van der Waals surface area contributed by atoms with E-state index in [0.717, 1.165) is 60.6 Å². The number of fused-ring (bicyclic) bond motifs is 3. The summed E-state index contributed by atoms with van der Waals surface area (Å²) in [4.78, 5) is 25.6. The predicted octanol–water partition coefficient (Wildman–Crippen LogP) is 3.41. The van der Waals surface area contributed by atoms with E-state index in [1.54, 1.807) is 6.20 Å². The highest BCUT2D eigenvalue weighted by molar-refractivity contribution is 6.00. The largest absolute Gasteiger partial charge is 0.346 e.